The minimum atomic E-state index is -1.80. The van der Waals surface area contributed by atoms with Gasteiger partial charge < -0.3 is 94.8 Å². The maximum Gasteiger partial charge on any atom is 0.326 e. The highest BCUT2D eigenvalue weighted by Gasteiger charge is 2.37. The van der Waals surface area contributed by atoms with Gasteiger partial charge in [0.05, 0.1) is 25.2 Å². The van der Waals surface area contributed by atoms with Crippen molar-refractivity contribution in [2.45, 2.75) is 172 Å². The average molecular weight is 1350 g/mol. The average Bonchev–Trinajstić information content (AvgIpc) is 1.81. The number of primary amides is 1. The van der Waals surface area contributed by atoms with E-state index in [1.165, 1.54) is 27.7 Å². The van der Waals surface area contributed by atoms with Crippen molar-refractivity contribution in [1.82, 2.24) is 57.8 Å². The lowest BCUT2D eigenvalue weighted by atomic mass is 9.92. The number of fused-ring (bicyclic) bond motifs is 2. The number of carbonyl (C=O) groups is 13. The van der Waals surface area contributed by atoms with Gasteiger partial charge in [0.15, 0.2) is 6.04 Å². The fourth-order valence-electron chi connectivity index (χ4n) is 10.7. The number of hydrogen-bond donors (Lipinski definition) is 18. The van der Waals surface area contributed by atoms with Crippen molar-refractivity contribution in [2.75, 3.05) is 6.61 Å². The highest BCUT2D eigenvalue weighted by atomic mass is 16.4. The summed E-state index contributed by atoms with van der Waals surface area (Å²) < 4.78 is 0. The largest absolute Gasteiger partial charge is 0.481 e. The fraction of sp³-hybridized carbons (Fsp3) is 0.470. The predicted octanol–water partition coefficient (Wildman–Crippen LogP) is -1.56. The number of aliphatic carboxylic acids is 3. The van der Waals surface area contributed by atoms with E-state index in [2.05, 4.69) is 63.6 Å². The van der Waals surface area contributed by atoms with Crippen LogP contribution in [0, 0.1) is 17.8 Å². The molecule has 0 fully saturated rings. The van der Waals surface area contributed by atoms with Crippen LogP contribution in [0.15, 0.2) is 91.3 Å². The number of benzene rings is 3. The standard InChI is InChI=1S/C66H89N13O18/c1-33(2)24-47(52(81)25-35(5)57(87)71-36(6)58(88)72-45(20-22-54(83)84)60(90)77-50(66(96)97)26-37-14-8-7-9-15-37)74-63(93)49(29-53(68)82)76-65(95)56(34(3)4)79-61(91)46(21-23-55(85)86)73-64(94)51(32-80)78-62(92)48(28-39-31-70-44-19-13-11-17-41(39)44)75-59(89)42(67)27-38-30-69-43-18-12-10-16-40(38)43/h7-19,30-31,33-36,42,45-52,56,69-70,80-81H,20-29,32,67H2,1-6H3,(H2,68,82)(H,71,87)(H,72,88)(H,73,94)(H,74,93)(H,75,89)(H,76,95)(H,77,90)(H,78,92)(H,79,91)(H,83,84)(H,85,86)(H,96,97)/p+1/t35-,36+,42+,45+,46+,47+,48+,49+,50+,51+,52+,56+/m1/s1. The highest BCUT2D eigenvalue weighted by molar-refractivity contribution is 5.99. The van der Waals surface area contributed by atoms with Gasteiger partial charge in [-0.15, -0.1) is 0 Å². The van der Waals surface area contributed by atoms with Gasteiger partial charge >= 0.3 is 17.9 Å². The second kappa shape index (κ2) is 37.1. The molecule has 12 atom stereocenters. The molecule has 31 nitrogen and oxygen atoms in total. The minimum Gasteiger partial charge on any atom is -0.481 e. The number of carbonyl (C=O) groups excluding carboxylic acids is 10. The number of quaternary nitrogens is 1. The Labute approximate surface area is 558 Å². The van der Waals surface area contributed by atoms with E-state index in [1.54, 1.807) is 74.8 Å². The Morgan fingerprint density at radius 1 is 0.485 bits per heavy atom. The second-order valence-electron chi connectivity index (χ2n) is 24.8. The minimum absolute atomic E-state index is 0.0619. The normalized spacial score (nSPS) is 15.1. The topological polar surface area (TPSA) is 517 Å². The molecule has 31 heteroatoms. The van der Waals surface area contributed by atoms with Crippen molar-refractivity contribution >= 4 is 98.8 Å². The number of amides is 10. The molecule has 10 amide bonds. The molecule has 0 saturated carbocycles. The van der Waals surface area contributed by atoms with Gasteiger partial charge in [-0.05, 0) is 73.3 Å². The van der Waals surface area contributed by atoms with Gasteiger partial charge in [-0.2, -0.15) is 0 Å². The van der Waals surface area contributed by atoms with Gasteiger partial charge in [0.25, 0.3) is 5.91 Å². The third-order valence-corrected chi connectivity index (χ3v) is 16.1. The van der Waals surface area contributed by atoms with Crippen molar-refractivity contribution in [2.24, 2.45) is 23.5 Å². The Hall–Kier alpha value is -10.3. The van der Waals surface area contributed by atoms with Crippen molar-refractivity contribution in [3.8, 4) is 0 Å². The van der Waals surface area contributed by atoms with E-state index in [-0.39, 0.29) is 38.0 Å². The van der Waals surface area contributed by atoms with Crippen molar-refractivity contribution < 1.29 is 93.6 Å². The molecule has 2 aromatic heterocycles. The monoisotopic (exact) mass is 1350 g/mol. The lowest BCUT2D eigenvalue weighted by Gasteiger charge is -2.30. The summed E-state index contributed by atoms with van der Waals surface area (Å²) >= 11 is 0. The van der Waals surface area contributed by atoms with Gasteiger partial charge in [-0.25, -0.2) is 4.79 Å². The van der Waals surface area contributed by atoms with E-state index in [1.807, 2.05) is 30.3 Å². The fourth-order valence-corrected chi connectivity index (χ4v) is 10.7. The Bertz CT molecular complexity index is 3600. The summed E-state index contributed by atoms with van der Waals surface area (Å²) in [6, 6.07) is 8.29. The first-order valence-electron chi connectivity index (χ1n) is 31.8. The number of nitrogens with two attached hydrogens (primary N) is 1. The third-order valence-electron chi connectivity index (χ3n) is 16.1. The van der Waals surface area contributed by atoms with E-state index in [0.29, 0.717) is 11.1 Å². The summed E-state index contributed by atoms with van der Waals surface area (Å²) in [5.74, 6) is -16.0. The summed E-state index contributed by atoms with van der Waals surface area (Å²) in [4.78, 5) is 179. The number of aromatic amines is 2. The second-order valence-corrected chi connectivity index (χ2v) is 24.8. The zero-order valence-electron chi connectivity index (χ0n) is 54.8. The van der Waals surface area contributed by atoms with Crippen LogP contribution >= 0.6 is 0 Å². The van der Waals surface area contributed by atoms with Crippen LogP contribution in [0.1, 0.15) is 103 Å². The number of aromatic nitrogens is 2. The van der Waals surface area contributed by atoms with Crippen molar-refractivity contribution in [1.29, 1.82) is 0 Å². The number of rotatable bonds is 40. The summed E-state index contributed by atoms with van der Waals surface area (Å²) in [5.41, 5.74) is 13.1. The van der Waals surface area contributed by atoms with Crippen LogP contribution in [-0.4, -0.2) is 186 Å². The van der Waals surface area contributed by atoms with Crippen LogP contribution in [0.25, 0.3) is 21.8 Å². The molecule has 0 aliphatic heterocycles. The lowest BCUT2D eigenvalue weighted by molar-refractivity contribution is -0.403. The summed E-state index contributed by atoms with van der Waals surface area (Å²) in [6.45, 7) is 8.09. The Balaban J connectivity index is 1.24. The zero-order valence-corrected chi connectivity index (χ0v) is 54.8. The molecule has 526 valence electrons. The Morgan fingerprint density at radius 2 is 0.948 bits per heavy atom. The van der Waals surface area contributed by atoms with Crippen LogP contribution in [0.5, 0.6) is 0 Å². The molecule has 0 saturated heterocycles. The molecule has 0 aliphatic rings. The molecule has 3 aromatic carbocycles. The molecule has 5 aromatic rings. The quantitative estimate of drug-likeness (QED) is 0.0211. The summed E-state index contributed by atoms with van der Waals surface area (Å²) in [6.07, 6.45) is -1.60. The van der Waals surface area contributed by atoms with E-state index < -0.39 is 194 Å². The number of aliphatic hydroxyl groups excluding tert-OH is 2. The number of H-pyrrole nitrogens is 2. The van der Waals surface area contributed by atoms with Crippen LogP contribution in [-0.2, 0) is 81.6 Å². The van der Waals surface area contributed by atoms with Crippen molar-refractivity contribution in [3.63, 3.8) is 0 Å². The summed E-state index contributed by atoms with van der Waals surface area (Å²) in [7, 11) is 0. The SMILES string of the molecule is CC(C)C[C@H](NC(=O)[C@H](CC(N)=O)NC(=O)[C@@H](NC(=O)[C@H](CCC(=O)O)NC(=O)[C@H](CO)NC(=O)[C@H](Cc1c[nH]c2ccccc12)NC(=O)[C@@H]([NH3+])Cc1c[nH]c2ccccc12)C(C)C)[C@@H](O)C[C@@H](C)C(=O)N[C@@H](C)C(=O)N[C@@H](CCC(=O)O)C(=O)N[C@@H](Cc1ccccc1)C(=O)O. The van der Waals surface area contributed by atoms with Crippen molar-refractivity contribution in [3.05, 3.63) is 108 Å². The molecule has 0 bridgehead atoms. The molecule has 2 heterocycles. The first kappa shape index (κ1) is 77.4. The van der Waals surface area contributed by atoms with Gasteiger partial charge in [0, 0.05) is 72.2 Å². The summed E-state index contributed by atoms with van der Waals surface area (Å²) in [5, 5.41) is 74.8. The smallest absolute Gasteiger partial charge is 0.326 e. The number of para-hydroxylation sites is 2. The number of hydrogen-bond acceptors (Lipinski definition) is 15. The Morgan fingerprint density at radius 3 is 1.47 bits per heavy atom. The maximum absolute atomic E-state index is 14.3. The van der Waals surface area contributed by atoms with Gasteiger partial charge in [-0.3, -0.25) is 57.5 Å². The molecule has 5 rings (SSSR count). The van der Waals surface area contributed by atoms with E-state index in [4.69, 9.17) is 5.73 Å². The third kappa shape index (κ3) is 24.2. The molecule has 97 heavy (non-hydrogen) atoms. The number of carboxylic acid groups (broad SMARTS) is 3. The Kier molecular flexibility index (Phi) is 29.6. The van der Waals surface area contributed by atoms with Gasteiger partial charge in [0.1, 0.15) is 48.3 Å². The number of nitrogens with one attached hydrogen (secondary N) is 11. The molecular formula is C66H90N13O18+. The van der Waals surface area contributed by atoms with E-state index in [9.17, 15) is 87.9 Å². The zero-order chi connectivity index (χ0) is 71.8. The molecule has 0 unspecified atom stereocenters. The lowest BCUT2D eigenvalue weighted by Crippen LogP contribution is -2.70. The van der Waals surface area contributed by atoms with Crippen LogP contribution < -0.4 is 59.3 Å². The first-order chi connectivity index (χ1) is 45.8. The first-order valence-corrected chi connectivity index (χ1v) is 31.8. The van der Waals surface area contributed by atoms with Crippen LogP contribution in [0.2, 0.25) is 0 Å². The molecule has 0 spiro atoms. The van der Waals surface area contributed by atoms with Gasteiger partial charge in [0.2, 0.25) is 53.2 Å². The molecular weight excluding hydrogens is 1260 g/mol. The molecule has 0 aliphatic carbocycles. The predicted molar refractivity (Wildman–Crippen MR) is 350 cm³/mol. The molecule has 0 radical (unpaired) electrons. The number of aliphatic hydroxyl groups is 2. The van der Waals surface area contributed by atoms with E-state index in [0.717, 1.165) is 27.4 Å². The maximum atomic E-state index is 14.3. The van der Waals surface area contributed by atoms with E-state index >= 15 is 0 Å². The van der Waals surface area contributed by atoms with Crippen LogP contribution in [0.3, 0.4) is 0 Å². The highest BCUT2D eigenvalue weighted by Crippen LogP contribution is 2.22. The van der Waals surface area contributed by atoms with Crippen LogP contribution in [0.4, 0.5) is 0 Å². The number of carboxylic acids is 3. The van der Waals surface area contributed by atoms with Gasteiger partial charge in [-0.1, -0.05) is 101 Å². The molecule has 21 N–H and O–H groups in total.